The van der Waals surface area contributed by atoms with Crippen LogP contribution in [0.2, 0.25) is 0 Å². The molecule has 0 aliphatic rings. The minimum atomic E-state index is -0.252. The van der Waals surface area contributed by atoms with E-state index in [-0.39, 0.29) is 6.10 Å². The molecule has 1 aromatic heterocycles. The molecule has 0 saturated heterocycles. The minimum Gasteiger partial charge on any atom is -0.478 e. The molecule has 0 aliphatic carbocycles. The average Bonchev–Trinajstić information content (AvgIpc) is 2.25. The van der Waals surface area contributed by atoms with Gasteiger partial charge in [-0.05, 0) is 26.7 Å². The average molecular weight is 225 g/mol. The van der Waals surface area contributed by atoms with Crippen molar-refractivity contribution in [2.45, 2.75) is 32.8 Å². The summed E-state index contributed by atoms with van der Waals surface area (Å²) in [5, 5.41) is 12.2. The lowest BCUT2D eigenvalue weighted by atomic mass is 10.2. The maximum absolute atomic E-state index is 9.08. The van der Waals surface area contributed by atoms with E-state index in [9.17, 15) is 0 Å². The first-order valence-corrected chi connectivity index (χ1v) is 5.60. The van der Waals surface area contributed by atoms with Crippen molar-refractivity contribution >= 4 is 5.95 Å². The molecule has 0 spiro atoms. The standard InChI is InChI=1S/C11H19N3O2/c1-3-16-10-6-8-13-11(14-10)12-7-4-5-9(2)15/h6,8-9,15H,3-5,7H2,1-2H3,(H,12,13,14). The number of ether oxygens (including phenoxy) is 1. The molecule has 5 nitrogen and oxygen atoms in total. The second-order valence-electron chi connectivity index (χ2n) is 3.57. The van der Waals surface area contributed by atoms with Gasteiger partial charge in [0.1, 0.15) is 0 Å². The van der Waals surface area contributed by atoms with E-state index >= 15 is 0 Å². The van der Waals surface area contributed by atoms with Crippen LogP contribution in [0.4, 0.5) is 5.95 Å². The second kappa shape index (κ2) is 7.00. The number of aromatic nitrogens is 2. The van der Waals surface area contributed by atoms with E-state index in [1.165, 1.54) is 0 Å². The van der Waals surface area contributed by atoms with Crippen molar-refractivity contribution in [2.24, 2.45) is 0 Å². The van der Waals surface area contributed by atoms with E-state index in [4.69, 9.17) is 9.84 Å². The summed E-state index contributed by atoms with van der Waals surface area (Å²) >= 11 is 0. The van der Waals surface area contributed by atoms with Gasteiger partial charge in [0.25, 0.3) is 0 Å². The molecule has 0 aromatic carbocycles. The Bertz CT molecular complexity index is 305. The van der Waals surface area contributed by atoms with Crippen LogP contribution >= 0.6 is 0 Å². The van der Waals surface area contributed by atoms with Gasteiger partial charge in [0.2, 0.25) is 11.8 Å². The van der Waals surface area contributed by atoms with Crippen molar-refractivity contribution in [2.75, 3.05) is 18.5 Å². The van der Waals surface area contributed by atoms with Gasteiger partial charge in [0.05, 0.1) is 12.7 Å². The van der Waals surface area contributed by atoms with E-state index in [1.807, 2.05) is 6.92 Å². The predicted octanol–water partition coefficient (Wildman–Crippen LogP) is 1.45. The molecule has 0 bridgehead atoms. The Labute approximate surface area is 95.9 Å². The number of aliphatic hydroxyl groups excluding tert-OH is 1. The first kappa shape index (κ1) is 12.7. The molecule has 0 fully saturated rings. The molecule has 0 aliphatic heterocycles. The van der Waals surface area contributed by atoms with Crippen molar-refractivity contribution in [3.05, 3.63) is 12.3 Å². The molecule has 0 saturated carbocycles. The van der Waals surface area contributed by atoms with Crippen LogP contribution in [0.15, 0.2) is 12.3 Å². The summed E-state index contributed by atoms with van der Waals surface area (Å²) < 4.78 is 5.26. The van der Waals surface area contributed by atoms with Crippen LogP contribution < -0.4 is 10.1 Å². The topological polar surface area (TPSA) is 67.3 Å². The summed E-state index contributed by atoms with van der Waals surface area (Å²) in [5.74, 6) is 1.15. The third-order valence-electron chi connectivity index (χ3n) is 2.00. The number of anilines is 1. The lowest BCUT2D eigenvalue weighted by molar-refractivity contribution is 0.183. The van der Waals surface area contributed by atoms with Crippen LogP contribution in [0.25, 0.3) is 0 Å². The molecule has 1 heterocycles. The highest BCUT2D eigenvalue weighted by Crippen LogP contribution is 2.08. The highest BCUT2D eigenvalue weighted by atomic mass is 16.5. The Kier molecular flexibility index (Phi) is 5.56. The summed E-state index contributed by atoms with van der Waals surface area (Å²) in [6, 6.07) is 1.73. The summed E-state index contributed by atoms with van der Waals surface area (Å²) in [6.07, 6.45) is 3.07. The highest BCUT2D eigenvalue weighted by molar-refractivity contribution is 5.27. The number of hydrogen-bond acceptors (Lipinski definition) is 5. The van der Waals surface area contributed by atoms with Crippen LogP contribution in [0.5, 0.6) is 5.88 Å². The molecule has 1 unspecified atom stereocenters. The van der Waals surface area contributed by atoms with E-state index in [2.05, 4.69) is 15.3 Å². The van der Waals surface area contributed by atoms with Crippen molar-refractivity contribution in [1.82, 2.24) is 9.97 Å². The molecule has 0 radical (unpaired) electrons. The summed E-state index contributed by atoms with van der Waals surface area (Å²) in [6.45, 7) is 5.04. The van der Waals surface area contributed by atoms with Gasteiger partial charge in [-0.3, -0.25) is 0 Å². The number of hydrogen-bond donors (Lipinski definition) is 2. The lowest BCUT2D eigenvalue weighted by Gasteiger charge is -2.07. The van der Waals surface area contributed by atoms with Gasteiger partial charge in [0.15, 0.2) is 0 Å². The smallest absolute Gasteiger partial charge is 0.225 e. The molecule has 1 aromatic rings. The Morgan fingerprint density at radius 1 is 1.56 bits per heavy atom. The second-order valence-corrected chi connectivity index (χ2v) is 3.57. The largest absolute Gasteiger partial charge is 0.478 e. The van der Waals surface area contributed by atoms with Gasteiger partial charge in [-0.25, -0.2) is 4.98 Å². The summed E-state index contributed by atoms with van der Waals surface area (Å²) in [7, 11) is 0. The number of rotatable bonds is 7. The maximum Gasteiger partial charge on any atom is 0.225 e. The molecule has 5 heteroatoms. The summed E-state index contributed by atoms with van der Waals surface area (Å²) in [5.41, 5.74) is 0. The van der Waals surface area contributed by atoms with Crippen molar-refractivity contribution in [1.29, 1.82) is 0 Å². The van der Waals surface area contributed by atoms with Crippen LogP contribution in [0.3, 0.4) is 0 Å². The van der Waals surface area contributed by atoms with Gasteiger partial charge in [0, 0.05) is 18.8 Å². The zero-order chi connectivity index (χ0) is 11.8. The Morgan fingerprint density at radius 2 is 2.38 bits per heavy atom. The van der Waals surface area contributed by atoms with Crippen LogP contribution in [-0.2, 0) is 0 Å². The van der Waals surface area contributed by atoms with Gasteiger partial charge in [-0.15, -0.1) is 0 Å². The first-order valence-electron chi connectivity index (χ1n) is 5.60. The number of nitrogens with zero attached hydrogens (tertiary/aromatic N) is 2. The van der Waals surface area contributed by atoms with Crippen molar-refractivity contribution in [3.8, 4) is 5.88 Å². The van der Waals surface area contributed by atoms with Crippen molar-refractivity contribution in [3.63, 3.8) is 0 Å². The van der Waals surface area contributed by atoms with E-state index in [1.54, 1.807) is 19.2 Å². The van der Waals surface area contributed by atoms with Crippen LogP contribution in [-0.4, -0.2) is 34.3 Å². The number of aliphatic hydroxyl groups is 1. The highest BCUT2D eigenvalue weighted by Gasteiger charge is 1.99. The SMILES string of the molecule is CCOc1ccnc(NCCCC(C)O)n1. The zero-order valence-electron chi connectivity index (χ0n) is 9.81. The normalized spacial score (nSPS) is 12.2. The Balaban J connectivity index is 2.33. The van der Waals surface area contributed by atoms with Gasteiger partial charge >= 0.3 is 0 Å². The zero-order valence-corrected chi connectivity index (χ0v) is 9.81. The summed E-state index contributed by atoms with van der Waals surface area (Å²) in [4.78, 5) is 8.25. The Morgan fingerprint density at radius 3 is 3.06 bits per heavy atom. The number of nitrogens with one attached hydrogen (secondary N) is 1. The molecular weight excluding hydrogens is 206 g/mol. The van der Waals surface area contributed by atoms with Gasteiger partial charge in [-0.1, -0.05) is 0 Å². The fraction of sp³-hybridized carbons (Fsp3) is 0.636. The van der Waals surface area contributed by atoms with Crippen LogP contribution in [0, 0.1) is 0 Å². The predicted molar refractivity (Wildman–Crippen MR) is 62.6 cm³/mol. The third kappa shape index (κ3) is 4.93. The fourth-order valence-electron chi connectivity index (χ4n) is 1.25. The third-order valence-corrected chi connectivity index (χ3v) is 2.00. The van der Waals surface area contributed by atoms with E-state index in [0.717, 1.165) is 19.4 Å². The molecule has 2 N–H and O–H groups in total. The van der Waals surface area contributed by atoms with E-state index in [0.29, 0.717) is 18.4 Å². The molecule has 90 valence electrons. The first-order chi connectivity index (χ1) is 7.72. The fourth-order valence-corrected chi connectivity index (χ4v) is 1.25. The molecular formula is C11H19N3O2. The Hall–Kier alpha value is -1.36. The minimum absolute atomic E-state index is 0.252. The quantitative estimate of drug-likeness (QED) is 0.687. The van der Waals surface area contributed by atoms with Crippen LogP contribution in [0.1, 0.15) is 26.7 Å². The molecule has 1 rings (SSSR count). The van der Waals surface area contributed by atoms with E-state index < -0.39 is 0 Å². The maximum atomic E-state index is 9.08. The van der Waals surface area contributed by atoms with Gasteiger partial charge in [-0.2, -0.15) is 4.98 Å². The molecule has 16 heavy (non-hydrogen) atoms. The monoisotopic (exact) mass is 225 g/mol. The van der Waals surface area contributed by atoms with Gasteiger partial charge < -0.3 is 15.2 Å². The van der Waals surface area contributed by atoms with Crippen molar-refractivity contribution < 1.29 is 9.84 Å². The lowest BCUT2D eigenvalue weighted by Crippen LogP contribution is -2.09. The molecule has 0 amide bonds. The molecule has 1 atom stereocenters.